The first-order chi connectivity index (χ1) is 12.8. The maximum Gasteiger partial charge on any atom is 0.294 e. The summed E-state index contributed by atoms with van der Waals surface area (Å²) in [6.07, 6.45) is 0.611. The van der Waals surface area contributed by atoms with Gasteiger partial charge in [0.25, 0.3) is 10.1 Å². The van der Waals surface area contributed by atoms with Crippen LogP contribution in [0.1, 0.15) is 18.9 Å². The number of amidine groups is 1. The van der Waals surface area contributed by atoms with Gasteiger partial charge in [0.2, 0.25) is 5.13 Å². The molecule has 0 bridgehead atoms. The third-order valence-corrected chi connectivity index (χ3v) is 5.84. The highest BCUT2D eigenvalue weighted by atomic mass is 32.2. The molecule has 9 heteroatoms. The van der Waals surface area contributed by atoms with Crippen molar-refractivity contribution >= 4 is 54.0 Å². The highest BCUT2D eigenvalue weighted by Crippen LogP contribution is 2.32. The van der Waals surface area contributed by atoms with Crippen molar-refractivity contribution in [2.45, 2.75) is 25.2 Å². The Morgan fingerprint density at radius 1 is 1.15 bits per heavy atom. The summed E-state index contributed by atoms with van der Waals surface area (Å²) < 4.78 is 32.5. The van der Waals surface area contributed by atoms with E-state index in [1.165, 1.54) is 23.5 Å². The lowest BCUT2D eigenvalue weighted by atomic mass is 10.2. The zero-order valence-electron chi connectivity index (χ0n) is 14.6. The number of hydrogen-bond acceptors (Lipinski definition) is 6. The zero-order valence-corrected chi connectivity index (χ0v) is 16.3. The molecule has 0 spiro atoms. The molecule has 4 rings (SSSR count). The van der Waals surface area contributed by atoms with Gasteiger partial charge in [-0.1, -0.05) is 29.0 Å². The molecule has 2 heterocycles. The molecule has 138 valence electrons. The Balaban J connectivity index is 1.72. The minimum Gasteiger partial charge on any atom is -0.282 e. The van der Waals surface area contributed by atoms with Gasteiger partial charge in [-0.15, -0.1) is 0 Å². The average molecular weight is 400 g/mol. The largest absolute Gasteiger partial charge is 0.294 e. The Morgan fingerprint density at radius 2 is 1.89 bits per heavy atom. The number of hydrogen-bond donors (Lipinski definition) is 1. The molecule has 0 aliphatic carbocycles. The number of aryl methyl sites for hydroxylation is 1. The number of benzene rings is 2. The molecule has 1 aliphatic rings. The molecule has 27 heavy (non-hydrogen) atoms. The Morgan fingerprint density at radius 3 is 2.59 bits per heavy atom. The molecule has 1 aromatic heterocycles. The predicted molar refractivity (Wildman–Crippen MR) is 108 cm³/mol. The zero-order chi connectivity index (χ0) is 19.2. The van der Waals surface area contributed by atoms with E-state index in [0.29, 0.717) is 21.8 Å². The molecule has 2 aromatic carbocycles. The average Bonchev–Trinajstić information content (AvgIpc) is 3.17. The highest BCUT2D eigenvalue weighted by Gasteiger charge is 2.22. The minimum atomic E-state index is -4.25. The number of fused-ring (bicyclic) bond motifs is 1. The van der Waals surface area contributed by atoms with Crippen LogP contribution in [0.25, 0.3) is 10.2 Å². The van der Waals surface area contributed by atoms with E-state index in [-0.39, 0.29) is 4.90 Å². The maximum absolute atomic E-state index is 11.3. The number of thiazole rings is 1. The van der Waals surface area contributed by atoms with Gasteiger partial charge in [-0.3, -0.25) is 4.55 Å². The summed E-state index contributed by atoms with van der Waals surface area (Å²) in [5.74, 6) is 0.755. The first kappa shape index (κ1) is 17.8. The topological polar surface area (TPSA) is 95.2 Å². The normalized spacial score (nSPS) is 16.3. The highest BCUT2D eigenvalue weighted by molar-refractivity contribution is 7.85. The van der Waals surface area contributed by atoms with Crippen LogP contribution >= 0.6 is 11.3 Å². The Kier molecular flexibility index (Phi) is 4.29. The van der Waals surface area contributed by atoms with Crippen molar-refractivity contribution in [1.29, 1.82) is 0 Å². The van der Waals surface area contributed by atoms with E-state index in [9.17, 15) is 13.0 Å². The fraction of sp³-hybridized carbons (Fsp3) is 0.167. The van der Waals surface area contributed by atoms with Crippen LogP contribution in [0.15, 0.2) is 57.5 Å². The van der Waals surface area contributed by atoms with Crippen LogP contribution in [0.3, 0.4) is 0 Å². The lowest BCUT2D eigenvalue weighted by Gasteiger charge is -2.15. The first-order valence-electron chi connectivity index (χ1n) is 8.16. The smallest absolute Gasteiger partial charge is 0.282 e. The number of aliphatic imine (C=N–C) groups is 1. The molecule has 1 N–H and O–H groups in total. The Bertz CT molecular complexity index is 1200. The molecule has 0 fully saturated rings. The van der Waals surface area contributed by atoms with Gasteiger partial charge >= 0.3 is 0 Å². The second-order valence-electron chi connectivity index (χ2n) is 6.29. The molecule has 0 atom stereocenters. The van der Waals surface area contributed by atoms with Crippen LogP contribution in [-0.4, -0.2) is 29.5 Å². The molecule has 0 amide bonds. The quantitative estimate of drug-likeness (QED) is 0.666. The van der Waals surface area contributed by atoms with Gasteiger partial charge in [-0.05, 0) is 44.2 Å². The number of hydrazone groups is 1. The van der Waals surface area contributed by atoms with Crippen molar-refractivity contribution in [3.63, 3.8) is 0 Å². The predicted octanol–water partition coefficient (Wildman–Crippen LogP) is 4.17. The van der Waals surface area contributed by atoms with Gasteiger partial charge in [0.1, 0.15) is 5.84 Å². The molecule has 7 nitrogen and oxygen atoms in total. The van der Waals surface area contributed by atoms with E-state index in [1.54, 1.807) is 11.1 Å². The van der Waals surface area contributed by atoms with Gasteiger partial charge in [-0.25, -0.2) is 15.0 Å². The minimum absolute atomic E-state index is 0.154. The maximum atomic E-state index is 11.3. The molecule has 0 unspecified atom stereocenters. The van der Waals surface area contributed by atoms with E-state index in [1.807, 2.05) is 38.1 Å². The molecule has 3 aromatic rings. The first-order valence-corrected chi connectivity index (χ1v) is 10.4. The molecule has 0 radical (unpaired) electrons. The summed E-state index contributed by atoms with van der Waals surface area (Å²) in [5, 5.41) is 6.85. The van der Waals surface area contributed by atoms with Crippen LogP contribution < -0.4 is 5.01 Å². The van der Waals surface area contributed by atoms with E-state index < -0.39 is 10.1 Å². The van der Waals surface area contributed by atoms with Gasteiger partial charge in [0, 0.05) is 12.1 Å². The third-order valence-electron chi connectivity index (χ3n) is 4.08. The number of rotatable bonds is 3. The van der Waals surface area contributed by atoms with Crippen LogP contribution in [0.2, 0.25) is 0 Å². The summed E-state index contributed by atoms with van der Waals surface area (Å²) in [4.78, 5) is 8.93. The van der Waals surface area contributed by atoms with Crippen molar-refractivity contribution in [1.82, 2.24) is 4.98 Å². The second kappa shape index (κ2) is 6.52. The van der Waals surface area contributed by atoms with Crippen LogP contribution in [-0.2, 0) is 10.1 Å². The Labute approximate surface area is 160 Å². The van der Waals surface area contributed by atoms with Gasteiger partial charge in [0.05, 0.1) is 20.8 Å². The van der Waals surface area contributed by atoms with E-state index in [4.69, 9.17) is 0 Å². The van der Waals surface area contributed by atoms with Crippen molar-refractivity contribution < 1.29 is 13.0 Å². The van der Waals surface area contributed by atoms with E-state index in [2.05, 4.69) is 15.1 Å². The Hall–Kier alpha value is -2.62. The molecular weight excluding hydrogens is 384 g/mol. The number of aromatic nitrogens is 1. The number of nitrogens with zero attached hydrogens (tertiary/aromatic N) is 4. The van der Waals surface area contributed by atoms with Gasteiger partial charge in [-0.2, -0.15) is 13.5 Å². The van der Waals surface area contributed by atoms with Crippen molar-refractivity contribution in [3.8, 4) is 0 Å². The molecule has 1 aliphatic heterocycles. The van der Waals surface area contributed by atoms with Gasteiger partial charge < -0.3 is 0 Å². The van der Waals surface area contributed by atoms with E-state index >= 15 is 0 Å². The summed E-state index contributed by atoms with van der Waals surface area (Å²) in [6.45, 7) is 3.97. The lowest BCUT2D eigenvalue weighted by Crippen LogP contribution is -2.19. The van der Waals surface area contributed by atoms with Crippen LogP contribution in [0, 0.1) is 6.92 Å². The molecule has 0 saturated carbocycles. The lowest BCUT2D eigenvalue weighted by molar-refractivity contribution is 0.483. The van der Waals surface area contributed by atoms with Gasteiger partial charge in [0.15, 0.2) is 0 Å². The number of anilines is 1. The summed E-state index contributed by atoms with van der Waals surface area (Å²) >= 11 is 1.26. The van der Waals surface area contributed by atoms with Crippen LogP contribution in [0.5, 0.6) is 0 Å². The SMILES string of the molecule is CC1=NN(c2ccc(C)cc2)/C(=N/c2nc3ccc(S(=O)(=O)O)cc3s2)C1. The summed E-state index contributed by atoms with van der Waals surface area (Å²) in [7, 11) is -4.25. The monoisotopic (exact) mass is 400 g/mol. The molecular formula is C18H16N4O3S2. The van der Waals surface area contributed by atoms with Crippen molar-refractivity contribution in [2.24, 2.45) is 10.1 Å². The van der Waals surface area contributed by atoms with E-state index in [0.717, 1.165) is 22.8 Å². The molecule has 0 saturated heterocycles. The summed E-state index contributed by atoms with van der Waals surface area (Å²) in [5.41, 5.74) is 3.66. The van der Waals surface area contributed by atoms with Crippen LogP contribution in [0.4, 0.5) is 10.8 Å². The van der Waals surface area contributed by atoms with Crippen molar-refractivity contribution in [3.05, 3.63) is 48.0 Å². The standard InChI is InChI=1S/C18H16N4O3S2/c1-11-3-5-13(6-4-11)22-17(9-12(2)21-22)20-18-19-15-8-7-14(27(23,24)25)10-16(15)26-18/h3-8,10H,9H2,1-2H3,(H,23,24,25)/b20-17+. The van der Waals surface area contributed by atoms with Crippen molar-refractivity contribution in [2.75, 3.05) is 5.01 Å². The fourth-order valence-electron chi connectivity index (χ4n) is 2.76. The fourth-order valence-corrected chi connectivity index (χ4v) is 4.24. The summed E-state index contributed by atoms with van der Waals surface area (Å²) in [6, 6.07) is 12.3. The second-order valence-corrected chi connectivity index (χ2v) is 8.72. The third kappa shape index (κ3) is 3.61.